The molecule has 0 spiro atoms. The van der Waals surface area contributed by atoms with Crippen LogP contribution in [0.5, 0.6) is 0 Å². The molecule has 0 radical (unpaired) electrons. The van der Waals surface area contributed by atoms with Crippen molar-refractivity contribution in [3.63, 3.8) is 0 Å². The zero-order valence-corrected chi connectivity index (χ0v) is 41.7. The highest BCUT2D eigenvalue weighted by atomic mass is 28.5. The summed E-state index contributed by atoms with van der Waals surface area (Å²) in [6.45, 7) is 39.5. The largest absolute Gasteiger partial charge is 0.437 e. The fourth-order valence-corrected chi connectivity index (χ4v) is 41.9. The molecular formula is C29H76O10Si8. The minimum Gasteiger partial charge on any atom is -0.437 e. The molecule has 10 nitrogen and oxygen atoms in total. The minimum atomic E-state index is -2.53. The summed E-state index contributed by atoms with van der Waals surface area (Å²) >= 11 is 0. The highest BCUT2D eigenvalue weighted by Crippen LogP contribution is 2.30. The van der Waals surface area contributed by atoms with Crippen molar-refractivity contribution in [2.45, 2.75) is 155 Å². The van der Waals surface area contributed by atoms with Gasteiger partial charge in [0.15, 0.2) is 33.3 Å². The molecule has 18 heteroatoms. The smallest absolute Gasteiger partial charge is 0.315 e. The number of rotatable bonds is 26. The lowest BCUT2D eigenvalue weighted by atomic mass is 10.1. The molecule has 0 fully saturated rings. The summed E-state index contributed by atoms with van der Waals surface area (Å²) in [6, 6.07) is 1.61. The summed E-state index contributed by atoms with van der Waals surface area (Å²) in [5.74, 6) is 0. The third-order valence-electron chi connectivity index (χ3n) is 6.37. The van der Waals surface area contributed by atoms with Crippen molar-refractivity contribution in [3.8, 4) is 0 Å². The topological polar surface area (TPSA) is 114 Å². The first-order chi connectivity index (χ1) is 20.8. The van der Waals surface area contributed by atoms with Crippen LogP contribution in [0.15, 0.2) is 0 Å². The average Bonchev–Trinajstić information content (AvgIpc) is 2.75. The van der Waals surface area contributed by atoms with E-state index in [0.29, 0.717) is 13.2 Å². The van der Waals surface area contributed by atoms with Crippen molar-refractivity contribution < 1.29 is 44.4 Å². The van der Waals surface area contributed by atoms with Gasteiger partial charge in [-0.3, -0.25) is 0 Å². The van der Waals surface area contributed by atoms with Gasteiger partial charge in [0.25, 0.3) is 0 Å². The Labute approximate surface area is 298 Å². The highest BCUT2D eigenvalue weighted by Gasteiger charge is 2.45. The monoisotopic (exact) mass is 808 g/mol. The van der Waals surface area contributed by atoms with Crippen LogP contribution < -0.4 is 0 Å². The zero-order valence-electron chi connectivity index (χ0n) is 33.7. The van der Waals surface area contributed by atoms with Crippen LogP contribution in [0, 0.1) is 0 Å². The van der Waals surface area contributed by atoms with Gasteiger partial charge in [-0.25, -0.2) is 0 Å². The first-order valence-electron chi connectivity index (χ1n) is 17.4. The van der Waals surface area contributed by atoms with E-state index in [1.165, 1.54) is 0 Å². The molecule has 284 valence electrons. The predicted molar refractivity (Wildman–Crippen MR) is 215 cm³/mol. The van der Waals surface area contributed by atoms with Crippen LogP contribution in [-0.2, 0) is 34.2 Å². The molecule has 0 saturated heterocycles. The average molecular weight is 810 g/mol. The van der Waals surface area contributed by atoms with Crippen LogP contribution in [0.2, 0.25) is 130 Å². The molecule has 47 heavy (non-hydrogen) atoms. The Balaban J connectivity index is 5.16. The maximum atomic E-state index is 10.2. The Hall–Kier alpha value is 1.34. The normalized spacial score (nSPS) is 17.1. The first kappa shape index (κ1) is 48.3. The Morgan fingerprint density at radius 2 is 0.787 bits per heavy atom. The molecule has 2 N–H and O–H groups in total. The summed E-state index contributed by atoms with van der Waals surface area (Å²) < 4.78 is 52.0. The van der Waals surface area contributed by atoms with Gasteiger partial charge >= 0.3 is 34.2 Å². The van der Waals surface area contributed by atoms with Crippen LogP contribution in [-0.4, -0.2) is 116 Å². The fraction of sp³-hybridized carbons (Fsp3) is 1.00. The molecule has 0 heterocycles. The molecule has 0 aliphatic carbocycles. The fourth-order valence-electron chi connectivity index (χ4n) is 5.96. The van der Waals surface area contributed by atoms with E-state index >= 15 is 0 Å². The lowest BCUT2D eigenvalue weighted by molar-refractivity contribution is -0.146. The number of unbranched alkanes of at least 4 members (excludes halogenated alkanes) is 1. The number of hydrogen-bond acceptors (Lipinski definition) is 10. The number of hydrogen-bond donors (Lipinski definition) is 2. The summed E-state index contributed by atoms with van der Waals surface area (Å²) in [5.41, 5.74) is -1.15. The second-order valence-corrected chi connectivity index (χ2v) is 51.0. The number of ether oxygens (including phenoxy) is 2. The molecule has 2 atom stereocenters. The van der Waals surface area contributed by atoms with E-state index in [0.717, 1.165) is 31.4 Å². The Kier molecular flexibility index (Phi) is 19.4. The predicted octanol–water partition coefficient (Wildman–Crippen LogP) is 7.90. The second-order valence-electron chi connectivity index (χ2n) is 18.1. The Bertz CT molecular complexity index is 831. The number of aliphatic hydroxyl groups excluding tert-OH is 2. The van der Waals surface area contributed by atoms with Gasteiger partial charge in [-0.05, 0) is 149 Å². The van der Waals surface area contributed by atoms with E-state index in [1.807, 2.05) is 0 Å². The van der Waals surface area contributed by atoms with Gasteiger partial charge in [0.05, 0.1) is 19.8 Å². The third kappa shape index (κ3) is 24.3. The molecular weight excluding hydrogens is 733 g/mol. The van der Waals surface area contributed by atoms with Gasteiger partial charge in [-0.2, -0.15) is 0 Å². The molecule has 0 amide bonds. The maximum Gasteiger partial charge on any atom is 0.315 e. The molecule has 0 aromatic rings. The summed E-state index contributed by atoms with van der Waals surface area (Å²) in [7, 11) is -17.0. The van der Waals surface area contributed by atoms with Crippen molar-refractivity contribution in [3.05, 3.63) is 0 Å². The van der Waals surface area contributed by atoms with Crippen LogP contribution in [0.1, 0.15) is 19.3 Å². The van der Waals surface area contributed by atoms with Crippen LogP contribution >= 0.6 is 0 Å². The standard InChI is InChI=1S/C29H76O10Si8/c1-40(2,3)34-44(13,14)38-46(17,36-42(7,8)9)24-20-19-23-33-29(26-30,27-31)28-32-22-21-25-47(18,37-43(10,11)12)39-45(15,16)35-41(4,5)6/h30-31H,19-28H2,1-18H3. The Morgan fingerprint density at radius 1 is 0.426 bits per heavy atom. The maximum absolute atomic E-state index is 10.2. The molecule has 0 aromatic carbocycles. The molecule has 0 aromatic heterocycles. The van der Waals surface area contributed by atoms with Gasteiger partial charge in [0.1, 0.15) is 5.60 Å². The van der Waals surface area contributed by atoms with Crippen molar-refractivity contribution >= 4 is 67.5 Å². The summed E-state index contributed by atoms with van der Waals surface area (Å²) in [6.07, 6.45) is 2.37. The van der Waals surface area contributed by atoms with Gasteiger partial charge in [-0.15, -0.1) is 0 Å². The van der Waals surface area contributed by atoms with Gasteiger partial charge < -0.3 is 44.4 Å². The van der Waals surface area contributed by atoms with Crippen molar-refractivity contribution in [2.24, 2.45) is 0 Å². The quantitative estimate of drug-likeness (QED) is 0.0661. The van der Waals surface area contributed by atoms with Gasteiger partial charge in [0.2, 0.25) is 0 Å². The first-order valence-corrected chi connectivity index (χ1v) is 41.7. The molecule has 0 saturated carbocycles. The van der Waals surface area contributed by atoms with E-state index in [4.69, 9.17) is 34.2 Å². The van der Waals surface area contributed by atoms with Crippen molar-refractivity contribution in [2.75, 3.05) is 33.0 Å². The van der Waals surface area contributed by atoms with E-state index < -0.39 is 73.1 Å². The summed E-state index contributed by atoms with van der Waals surface area (Å²) in [4.78, 5) is 0. The molecule has 0 rings (SSSR count). The summed E-state index contributed by atoms with van der Waals surface area (Å²) in [5, 5.41) is 20.4. The third-order valence-corrected chi connectivity index (χ3v) is 33.5. The van der Waals surface area contributed by atoms with Crippen LogP contribution in [0.3, 0.4) is 0 Å². The SMILES string of the molecule is C[Si](C)(C)O[Si](C)(C)O[Si](C)(CCCCOC(CO)(CO)COCCC[Si](C)(O[Si](C)(C)C)O[Si](C)(C)O[Si](C)(C)C)O[Si](C)(C)C. The lowest BCUT2D eigenvalue weighted by Crippen LogP contribution is -2.56. The van der Waals surface area contributed by atoms with Crippen molar-refractivity contribution in [1.82, 2.24) is 0 Å². The Morgan fingerprint density at radius 3 is 1.13 bits per heavy atom. The van der Waals surface area contributed by atoms with Crippen LogP contribution in [0.4, 0.5) is 0 Å². The number of aliphatic hydroxyl groups is 2. The van der Waals surface area contributed by atoms with E-state index in [1.54, 1.807) is 0 Å². The van der Waals surface area contributed by atoms with Crippen molar-refractivity contribution in [1.29, 1.82) is 0 Å². The van der Waals surface area contributed by atoms with Crippen LogP contribution in [0.25, 0.3) is 0 Å². The molecule has 0 aliphatic heterocycles. The zero-order chi connectivity index (χ0) is 37.2. The lowest BCUT2D eigenvalue weighted by Gasteiger charge is -2.41. The van der Waals surface area contributed by atoms with E-state index in [9.17, 15) is 10.2 Å². The molecule has 0 aliphatic rings. The second kappa shape index (κ2) is 18.9. The van der Waals surface area contributed by atoms with E-state index in [-0.39, 0.29) is 19.8 Å². The van der Waals surface area contributed by atoms with Gasteiger partial charge in [-0.1, -0.05) is 0 Å². The minimum absolute atomic E-state index is 0.106. The molecule has 2 unspecified atom stereocenters. The van der Waals surface area contributed by atoms with E-state index in [2.05, 4.69) is 118 Å². The highest BCUT2D eigenvalue weighted by molar-refractivity contribution is 6.90. The van der Waals surface area contributed by atoms with Gasteiger partial charge in [0, 0.05) is 13.2 Å². The molecule has 0 bridgehead atoms.